The Labute approximate surface area is 391 Å². The smallest absolute Gasteiger partial charge is 0.234 e. The van der Waals surface area contributed by atoms with E-state index in [0.717, 1.165) is 71.8 Å². The number of benzene rings is 8. The molecule has 12 aromatic rings. The van der Waals surface area contributed by atoms with E-state index in [2.05, 4.69) is 4.85 Å². The fraction of sp³-hybridized carbons (Fsp3) is 0. The van der Waals surface area contributed by atoms with E-state index in [4.69, 9.17) is 16.5 Å². The molecule has 5 nitrogen and oxygen atoms in total. The topological polar surface area (TPSA) is 40.0 Å². The zero-order valence-electron chi connectivity index (χ0n) is 36.1. The molecule has 8 aromatic carbocycles. The number of rotatable bonds is 7. The molecule has 12 rings (SSSR count). The lowest BCUT2D eigenvalue weighted by atomic mass is 9.98. The molecular weight excluding hydrogens is 874 g/mol. The van der Waals surface area contributed by atoms with Gasteiger partial charge in [0.05, 0.1) is 57.0 Å². The average Bonchev–Trinajstić information content (AvgIpc) is 3.92. The number of fused-ring (bicyclic) bond motifs is 6. The minimum Gasteiger partial charge on any atom is -0.319 e. The summed E-state index contributed by atoms with van der Waals surface area (Å²) in [5, 5.41) is 3.18. The van der Waals surface area contributed by atoms with Crippen LogP contribution in [0.4, 0.5) is 27.6 Å². The highest BCUT2D eigenvalue weighted by Crippen LogP contribution is 2.48. The van der Waals surface area contributed by atoms with Gasteiger partial charge in [0.2, 0.25) is 11.5 Å². The third kappa shape index (κ3) is 6.58. The lowest BCUT2D eigenvalue weighted by molar-refractivity contribution is 0.381. The molecule has 0 radical (unpaired) electrons. The molecule has 0 aliphatic carbocycles. The molecule has 0 bridgehead atoms. The molecule has 328 valence electrons. The highest BCUT2D eigenvalue weighted by atomic mass is 19.2. The molecule has 0 saturated heterocycles. The summed E-state index contributed by atoms with van der Waals surface area (Å²) in [6, 6.07) is 57.0. The summed E-state index contributed by atoms with van der Waals surface area (Å²) in [5.74, 6) is -10.5. The Morgan fingerprint density at radius 2 is 0.812 bits per heavy atom. The van der Waals surface area contributed by atoms with E-state index in [1.807, 2.05) is 168 Å². The maximum atomic E-state index is 16.3. The first-order valence-electron chi connectivity index (χ1n) is 22.0. The van der Waals surface area contributed by atoms with Crippen molar-refractivity contribution in [1.29, 1.82) is 0 Å². The van der Waals surface area contributed by atoms with Gasteiger partial charge in [-0.3, -0.25) is 9.97 Å². The van der Waals surface area contributed by atoms with Gasteiger partial charge in [0.25, 0.3) is 0 Å². The zero-order chi connectivity index (χ0) is 46.9. The number of pyridine rings is 2. The fourth-order valence-electron chi connectivity index (χ4n) is 9.62. The lowest BCUT2D eigenvalue weighted by Gasteiger charge is -2.21. The van der Waals surface area contributed by atoms with Crippen LogP contribution in [0.1, 0.15) is 0 Å². The van der Waals surface area contributed by atoms with E-state index in [0.29, 0.717) is 22.2 Å². The predicted octanol–water partition coefficient (Wildman–Crippen LogP) is 16.3. The second kappa shape index (κ2) is 16.3. The van der Waals surface area contributed by atoms with Crippen molar-refractivity contribution in [2.45, 2.75) is 0 Å². The van der Waals surface area contributed by atoms with Crippen molar-refractivity contribution >= 4 is 49.3 Å². The van der Waals surface area contributed by atoms with Crippen LogP contribution < -0.4 is 0 Å². The van der Waals surface area contributed by atoms with Crippen molar-refractivity contribution < 1.29 is 22.0 Å². The molecule has 0 atom stereocenters. The van der Waals surface area contributed by atoms with Crippen molar-refractivity contribution in [2.75, 3.05) is 0 Å². The van der Waals surface area contributed by atoms with Crippen molar-refractivity contribution in [3.63, 3.8) is 0 Å². The molecular formula is C59H32F5N5. The van der Waals surface area contributed by atoms with Crippen LogP contribution in [0.15, 0.2) is 194 Å². The SMILES string of the molecule is [C-]#[N+]c1c(-n2c3ccccc3c3ccc(-c4ccc(-c5ccccc5)nc4)cc32)ccc(-c2c(F)c(F)c(F)c(F)c2F)c1-n1c2ccccc2c2ccc(-c3ccc(-c4ccccc4)nc3)cc21. The lowest BCUT2D eigenvalue weighted by Crippen LogP contribution is -2.08. The minimum absolute atomic E-state index is 0.0746. The second-order valence-corrected chi connectivity index (χ2v) is 16.7. The van der Waals surface area contributed by atoms with Crippen molar-refractivity contribution in [2.24, 2.45) is 0 Å². The van der Waals surface area contributed by atoms with E-state index in [9.17, 15) is 4.39 Å². The molecule has 0 amide bonds. The van der Waals surface area contributed by atoms with Crippen LogP contribution >= 0.6 is 0 Å². The molecule has 0 N–H and O–H groups in total. The molecule has 4 heterocycles. The summed E-state index contributed by atoms with van der Waals surface area (Å²) in [6.45, 7) is 8.97. The Bertz CT molecular complexity index is 4030. The van der Waals surface area contributed by atoms with Gasteiger partial charge in [-0.25, -0.2) is 26.8 Å². The zero-order valence-corrected chi connectivity index (χ0v) is 36.1. The van der Waals surface area contributed by atoms with Crippen LogP contribution in [0.5, 0.6) is 0 Å². The van der Waals surface area contributed by atoms with Crippen LogP contribution in [0.3, 0.4) is 0 Å². The summed E-state index contributed by atoms with van der Waals surface area (Å²) in [6.07, 6.45) is 3.56. The van der Waals surface area contributed by atoms with Crippen LogP contribution in [0.25, 0.3) is 116 Å². The molecule has 4 aromatic heterocycles. The van der Waals surface area contributed by atoms with Crippen LogP contribution in [-0.2, 0) is 0 Å². The van der Waals surface area contributed by atoms with E-state index < -0.39 is 34.6 Å². The number of halogens is 5. The van der Waals surface area contributed by atoms with Gasteiger partial charge in [0.1, 0.15) is 0 Å². The van der Waals surface area contributed by atoms with Crippen LogP contribution in [0.2, 0.25) is 0 Å². The van der Waals surface area contributed by atoms with Gasteiger partial charge in [-0.2, -0.15) is 0 Å². The predicted molar refractivity (Wildman–Crippen MR) is 264 cm³/mol. The van der Waals surface area contributed by atoms with Crippen molar-refractivity contribution in [3.8, 4) is 67.3 Å². The Morgan fingerprint density at radius 3 is 1.30 bits per heavy atom. The number of nitrogens with zero attached hydrogens (tertiary/aromatic N) is 5. The summed E-state index contributed by atoms with van der Waals surface area (Å²) >= 11 is 0. The Balaban J connectivity index is 1.14. The number of aromatic nitrogens is 4. The summed E-state index contributed by atoms with van der Waals surface area (Å²) < 4.78 is 81.7. The largest absolute Gasteiger partial charge is 0.319 e. The first-order valence-corrected chi connectivity index (χ1v) is 22.0. The van der Waals surface area contributed by atoms with Gasteiger partial charge in [-0.05, 0) is 53.6 Å². The van der Waals surface area contributed by atoms with Crippen LogP contribution in [-0.4, -0.2) is 19.1 Å². The van der Waals surface area contributed by atoms with Gasteiger partial charge in [-0.1, -0.05) is 140 Å². The van der Waals surface area contributed by atoms with E-state index in [1.165, 1.54) is 12.1 Å². The van der Waals surface area contributed by atoms with Gasteiger partial charge in [-0.15, -0.1) is 0 Å². The quantitative estimate of drug-likeness (QED) is 0.0692. The summed E-state index contributed by atoms with van der Waals surface area (Å²) in [5.41, 5.74) is 7.78. The molecule has 10 heteroatoms. The van der Waals surface area contributed by atoms with Crippen molar-refractivity contribution in [1.82, 2.24) is 19.1 Å². The van der Waals surface area contributed by atoms with E-state index >= 15 is 17.6 Å². The van der Waals surface area contributed by atoms with Gasteiger partial charge in [0, 0.05) is 61.8 Å². The Kier molecular flexibility index (Phi) is 9.74. The number of para-hydroxylation sites is 2. The van der Waals surface area contributed by atoms with E-state index in [-0.39, 0.29) is 16.9 Å². The average molecular weight is 906 g/mol. The van der Waals surface area contributed by atoms with Gasteiger partial charge < -0.3 is 9.13 Å². The first-order chi connectivity index (χ1) is 33.8. The third-order valence-corrected chi connectivity index (χ3v) is 12.9. The van der Waals surface area contributed by atoms with Crippen LogP contribution in [0, 0.1) is 35.7 Å². The standard InChI is InChI=1S/C59H32F5N5/c1-65-58-49(68-47-18-10-8-16-40(47)42-24-20-36(30-50(42)68)38-22-27-45(66-32-38)34-12-4-2-5-13-34)29-26-44(52-53(60)55(62)57(64)56(63)54(52)61)59(58)69-48-19-11-9-17-41(48)43-25-21-37(31-51(43)69)39-23-28-46(67-33-39)35-14-6-3-7-15-35/h2-33H. The molecule has 0 fully saturated rings. The molecule has 0 aliphatic heterocycles. The highest BCUT2D eigenvalue weighted by molar-refractivity contribution is 6.13. The first kappa shape index (κ1) is 41.2. The Morgan fingerprint density at radius 1 is 0.377 bits per heavy atom. The summed E-state index contributed by atoms with van der Waals surface area (Å²) in [7, 11) is 0. The minimum atomic E-state index is -2.28. The monoisotopic (exact) mass is 905 g/mol. The maximum Gasteiger partial charge on any atom is 0.234 e. The summed E-state index contributed by atoms with van der Waals surface area (Å²) in [4.78, 5) is 13.7. The molecule has 69 heavy (non-hydrogen) atoms. The molecule has 0 unspecified atom stereocenters. The molecule has 0 spiro atoms. The Hall–Kier alpha value is -9.20. The normalized spacial score (nSPS) is 11.5. The number of hydrogen-bond donors (Lipinski definition) is 0. The van der Waals surface area contributed by atoms with Gasteiger partial charge >= 0.3 is 0 Å². The molecule has 0 saturated carbocycles. The third-order valence-electron chi connectivity index (χ3n) is 12.9. The maximum absolute atomic E-state index is 16.3. The fourth-order valence-corrected chi connectivity index (χ4v) is 9.62. The number of hydrogen-bond acceptors (Lipinski definition) is 2. The molecule has 0 aliphatic rings. The van der Waals surface area contributed by atoms with Gasteiger partial charge in [0.15, 0.2) is 23.3 Å². The van der Waals surface area contributed by atoms with E-state index in [1.54, 1.807) is 22.9 Å². The highest BCUT2D eigenvalue weighted by Gasteiger charge is 2.32. The second-order valence-electron chi connectivity index (χ2n) is 16.7. The van der Waals surface area contributed by atoms with Crippen molar-refractivity contribution in [3.05, 3.63) is 235 Å².